The van der Waals surface area contributed by atoms with E-state index in [0.29, 0.717) is 0 Å². The van der Waals surface area contributed by atoms with E-state index in [1.54, 1.807) is 19.1 Å². The van der Waals surface area contributed by atoms with Gasteiger partial charge in [-0.25, -0.2) is 16.8 Å². The van der Waals surface area contributed by atoms with E-state index in [0.717, 1.165) is 4.47 Å². The van der Waals surface area contributed by atoms with Gasteiger partial charge in [0.05, 0.1) is 16.4 Å². The standard InChI is InChI=1S/C13H19BrN2O4S2/c1-13(6-9-21(17,18)10-13)16(8-7-15)22(19,20)12-4-2-11(14)3-5-12/h2-5H,6-10,15H2,1H3/t13-/m0/s1. The first-order valence-electron chi connectivity index (χ1n) is 6.80. The molecule has 1 atom stereocenters. The Labute approximate surface area is 139 Å². The second kappa shape index (κ2) is 6.20. The van der Waals surface area contributed by atoms with Gasteiger partial charge in [0.1, 0.15) is 0 Å². The molecule has 0 saturated carbocycles. The maximum atomic E-state index is 12.9. The summed E-state index contributed by atoms with van der Waals surface area (Å²) in [4.78, 5) is 0.134. The van der Waals surface area contributed by atoms with E-state index in [-0.39, 0.29) is 35.9 Å². The third-order valence-corrected chi connectivity index (χ3v) is 8.31. The summed E-state index contributed by atoms with van der Waals surface area (Å²) in [5, 5.41) is 0. The summed E-state index contributed by atoms with van der Waals surface area (Å²) in [6, 6.07) is 6.27. The molecule has 124 valence electrons. The number of hydrogen-bond donors (Lipinski definition) is 1. The van der Waals surface area contributed by atoms with Gasteiger partial charge in [0, 0.05) is 23.1 Å². The van der Waals surface area contributed by atoms with Crippen molar-refractivity contribution in [3.8, 4) is 0 Å². The SMILES string of the molecule is C[C@]1(N(CCN)S(=O)(=O)c2ccc(Br)cc2)CCS(=O)(=O)C1. The monoisotopic (exact) mass is 410 g/mol. The number of nitrogens with zero attached hydrogens (tertiary/aromatic N) is 1. The van der Waals surface area contributed by atoms with Crippen LogP contribution in [0, 0.1) is 0 Å². The first-order valence-corrected chi connectivity index (χ1v) is 10.9. The second-order valence-corrected chi connectivity index (χ2v) is 10.6. The largest absolute Gasteiger partial charge is 0.329 e. The zero-order chi connectivity index (χ0) is 16.6. The summed E-state index contributed by atoms with van der Waals surface area (Å²) in [6.45, 7) is 1.89. The summed E-state index contributed by atoms with van der Waals surface area (Å²) in [5.41, 5.74) is 4.61. The Hall–Kier alpha value is -0.480. The summed E-state index contributed by atoms with van der Waals surface area (Å²) in [5.74, 6) is -0.170. The summed E-state index contributed by atoms with van der Waals surface area (Å²) >= 11 is 3.26. The van der Waals surface area contributed by atoms with Crippen molar-refractivity contribution in [2.45, 2.75) is 23.8 Å². The highest BCUT2D eigenvalue weighted by Gasteiger charge is 2.47. The van der Waals surface area contributed by atoms with Gasteiger partial charge >= 0.3 is 0 Å². The van der Waals surface area contributed by atoms with Crippen LogP contribution < -0.4 is 5.73 Å². The van der Waals surface area contributed by atoms with Crippen LogP contribution in [0.2, 0.25) is 0 Å². The highest BCUT2D eigenvalue weighted by Crippen LogP contribution is 2.34. The van der Waals surface area contributed by atoms with Gasteiger partial charge in [-0.2, -0.15) is 4.31 Å². The van der Waals surface area contributed by atoms with Crippen molar-refractivity contribution >= 4 is 35.8 Å². The van der Waals surface area contributed by atoms with Crippen LogP contribution in [0.15, 0.2) is 33.6 Å². The van der Waals surface area contributed by atoms with Crippen LogP contribution in [-0.2, 0) is 19.9 Å². The average molecular weight is 411 g/mol. The normalized spacial score (nSPS) is 24.7. The Morgan fingerprint density at radius 3 is 2.36 bits per heavy atom. The molecule has 2 N–H and O–H groups in total. The number of rotatable bonds is 5. The summed E-state index contributed by atoms with van der Waals surface area (Å²) < 4.78 is 51.4. The number of nitrogens with two attached hydrogens (primary N) is 1. The van der Waals surface area contributed by atoms with Crippen LogP contribution in [0.5, 0.6) is 0 Å². The molecule has 0 spiro atoms. The van der Waals surface area contributed by atoms with Crippen molar-refractivity contribution in [3.63, 3.8) is 0 Å². The number of hydrogen-bond acceptors (Lipinski definition) is 5. The van der Waals surface area contributed by atoms with Gasteiger partial charge in [-0.15, -0.1) is 0 Å². The lowest BCUT2D eigenvalue weighted by Gasteiger charge is -2.36. The van der Waals surface area contributed by atoms with Crippen LogP contribution in [0.4, 0.5) is 0 Å². The van der Waals surface area contributed by atoms with Gasteiger partial charge in [0.2, 0.25) is 10.0 Å². The smallest absolute Gasteiger partial charge is 0.243 e. The molecule has 0 unspecified atom stereocenters. The highest BCUT2D eigenvalue weighted by molar-refractivity contribution is 9.10. The zero-order valence-corrected chi connectivity index (χ0v) is 15.4. The lowest BCUT2D eigenvalue weighted by molar-refractivity contribution is 0.238. The molecule has 2 rings (SSSR count). The third-order valence-electron chi connectivity index (χ3n) is 3.82. The van der Waals surface area contributed by atoms with Crippen molar-refractivity contribution in [2.24, 2.45) is 5.73 Å². The van der Waals surface area contributed by atoms with Crippen molar-refractivity contribution in [1.29, 1.82) is 0 Å². The fourth-order valence-corrected chi connectivity index (χ4v) is 7.03. The molecule has 1 saturated heterocycles. The van der Waals surface area contributed by atoms with E-state index >= 15 is 0 Å². The van der Waals surface area contributed by atoms with Gasteiger partial charge in [-0.3, -0.25) is 0 Å². The molecule has 1 aliphatic rings. The molecule has 0 aromatic heterocycles. The fraction of sp³-hybridized carbons (Fsp3) is 0.538. The maximum absolute atomic E-state index is 12.9. The quantitative estimate of drug-likeness (QED) is 0.779. The molecular weight excluding hydrogens is 392 g/mol. The Bertz CT molecular complexity index is 747. The average Bonchev–Trinajstić information content (AvgIpc) is 2.71. The molecule has 0 radical (unpaired) electrons. The lowest BCUT2D eigenvalue weighted by Crippen LogP contribution is -2.52. The van der Waals surface area contributed by atoms with E-state index in [9.17, 15) is 16.8 Å². The Morgan fingerprint density at radius 2 is 1.91 bits per heavy atom. The molecule has 9 heteroatoms. The molecule has 1 aromatic rings. The molecule has 1 aromatic carbocycles. The zero-order valence-electron chi connectivity index (χ0n) is 12.2. The van der Waals surface area contributed by atoms with Crippen LogP contribution >= 0.6 is 15.9 Å². The molecule has 1 fully saturated rings. The predicted molar refractivity (Wildman–Crippen MR) is 88.8 cm³/mol. The van der Waals surface area contributed by atoms with Crippen molar-refractivity contribution in [3.05, 3.63) is 28.7 Å². The van der Waals surface area contributed by atoms with Gasteiger partial charge in [0.25, 0.3) is 0 Å². The minimum Gasteiger partial charge on any atom is -0.329 e. The van der Waals surface area contributed by atoms with Crippen molar-refractivity contribution < 1.29 is 16.8 Å². The minimum absolute atomic E-state index is 0.000426. The number of sulfonamides is 1. The summed E-state index contributed by atoms with van der Waals surface area (Å²) in [7, 11) is -7.02. The Morgan fingerprint density at radius 1 is 1.32 bits per heavy atom. The highest BCUT2D eigenvalue weighted by atomic mass is 79.9. The molecule has 22 heavy (non-hydrogen) atoms. The van der Waals surface area contributed by atoms with E-state index < -0.39 is 25.4 Å². The first kappa shape index (κ1) is 17.9. The fourth-order valence-electron chi connectivity index (χ4n) is 2.72. The van der Waals surface area contributed by atoms with Crippen molar-refractivity contribution in [2.75, 3.05) is 24.6 Å². The number of halogens is 1. The molecule has 6 nitrogen and oxygen atoms in total. The van der Waals surface area contributed by atoms with E-state index in [4.69, 9.17) is 5.73 Å². The van der Waals surface area contributed by atoms with Crippen molar-refractivity contribution in [1.82, 2.24) is 4.31 Å². The van der Waals surface area contributed by atoms with E-state index in [2.05, 4.69) is 15.9 Å². The van der Waals surface area contributed by atoms with E-state index in [1.807, 2.05) is 0 Å². The Balaban J connectivity index is 2.45. The van der Waals surface area contributed by atoms with E-state index in [1.165, 1.54) is 16.4 Å². The third kappa shape index (κ3) is 3.53. The molecule has 0 amide bonds. The minimum atomic E-state index is -3.80. The molecule has 0 bridgehead atoms. The number of benzene rings is 1. The van der Waals surface area contributed by atoms with Crippen LogP contribution in [-0.4, -0.2) is 51.3 Å². The molecular formula is C13H19BrN2O4S2. The molecule has 0 aliphatic carbocycles. The Kier molecular flexibility index (Phi) is 5.03. The van der Waals surface area contributed by atoms with Crippen LogP contribution in [0.3, 0.4) is 0 Å². The molecule has 1 heterocycles. The first-order chi connectivity index (χ1) is 10.1. The molecule has 1 aliphatic heterocycles. The van der Waals surface area contributed by atoms with Gasteiger partial charge in [-0.05, 0) is 37.6 Å². The predicted octanol–water partition coefficient (Wildman–Crippen LogP) is 0.976. The van der Waals surface area contributed by atoms with Gasteiger partial charge in [0.15, 0.2) is 9.84 Å². The van der Waals surface area contributed by atoms with Crippen LogP contribution in [0.1, 0.15) is 13.3 Å². The second-order valence-electron chi connectivity index (χ2n) is 5.66. The van der Waals surface area contributed by atoms with Gasteiger partial charge < -0.3 is 5.73 Å². The topological polar surface area (TPSA) is 97.5 Å². The van der Waals surface area contributed by atoms with Gasteiger partial charge in [-0.1, -0.05) is 15.9 Å². The lowest BCUT2D eigenvalue weighted by atomic mass is 10.0. The van der Waals surface area contributed by atoms with Crippen LogP contribution in [0.25, 0.3) is 0 Å². The number of sulfone groups is 1. The maximum Gasteiger partial charge on any atom is 0.243 e. The summed E-state index contributed by atoms with van der Waals surface area (Å²) in [6.07, 6.45) is 0.283.